The van der Waals surface area contributed by atoms with Crippen molar-refractivity contribution in [3.63, 3.8) is 0 Å². The lowest BCUT2D eigenvalue weighted by atomic mass is 10.0. The van der Waals surface area contributed by atoms with Crippen molar-refractivity contribution in [3.05, 3.63) is 95.6 Å². The van der Waals surface area contributed by atoms with Crippen LogP contribution in [0.2, 0.25) is 0 Å². The molecule has 7 heteroatoms. The predicted octanol–water partition coefficient (Wildman–Crippen LogP) is 2.80. The van der Waals surface area contributed by atoms with Crippen LogP contribution >= 0.6 is 0 Å². The van der Waals surface area contributed by atoms with E-state index in [4.69, 9.17) is 4.74 Å². The second kappa shape index (κ2) is 10.8. The summed E-state index contributed by atoms with van der Waals surface area (Å²) in [4.78, 5) is 33.0. The SMILES string of the molecule is CCOC(=O)c1ccc(C(NCc2cccnc2)C(=O)NCc2ccncc2)cc1. The average molecular weight is 404 g/mol. The van der Waals surface area contributed by atoms with E-state index >= 15 is 0 Å². The lowest BCUT2D eigenvalue weighted by Gasteiger charge is -2.19. The molecule has 0 aliphatic heterocycles. The van der Waals surface area contributed by atoms with Gasteiger partial charge < -0.3 is 10.1 Å². The van der Waals surface area contributed by atoms with Gasteiger partial charge in [0.1, 0.15) is 6.04 Å². The third-order valence-electron chi connectivity index (χ3n) is 4.47. The molecule has 0 aliphatic rings. The van der Waals surface area contributed by atoms with Crippen LogP contribution in [0.3, 0.4) is 0 Å². The van der Waals surface area contributed by atoms with Crippen molar-refractivity contribution in [2.24, 2.45) is 0 Å². The van der Waals surface area contributed by atoms with Crippen LogP contribution in [-0.2, 0) is 22.6 Å². The maximum atomic E-state index is 13.0. The molecule has 0 spiro atoms. The molecular weight excluding hydrogens is 380 g/mol. The molecule has 0 aliphatic carbocycles. The van der Waals surface area contributed by atoms with Gasteiger partial charge in [0.05, 0.1) is 12.2 Å². The average Bonchev–Trinajstić information content (AvgIpc) is 2.80. The van der Waals surface area contributed by atoms with Crippen LogP contribution < -0.4 is 10.6 Å². The molecule has 1 atom stereocenters. The second-order valence-electron chi connectivity index (χ2n) is 6.59. The predicted molar refractivity (Wildman–Crippen MR) is 112 cm³/mol. The van der Waals surface area contributed by atoms with Gasteiger partial charge in [-0.25, -0.2) is 4.79 Å². The summed E-state index contributed by atoms with van der Waals surface area (Å²) in [5, 5.41) is 6.24. The van der Waals surface area contributed by atoms with Crippen molar-refractivity contribution in [1.29, 1.82) is 0 Å². The summed E-state index contributed by atoms with van der Waals surface area (Å²) in [7, 11) is 0. The molecule has 1 amide bonds. The van der Waals surface area contributed by atoms with Gasteiger partial charge in [0.2, 0.25) is 5.91 Å². The molecule has 154 valence electrons. The molecule has 0 saturated carbocycles. The third-order valence-corrected chi connectivity index (χ3v) is 4.47. The Bertz CT molecular complexity index is 947. The quantitative estimate of drug-likeness (QED) is 0.533. The number of esters is 1. The zero-order valence-electron chi connectivity index (χ0n) is 16.7. The molecule has 2 aromatic heterocycles. The first-order chi connectivity index (χ1) is 14.7. The van der Waals surface area contributed by atoms with Crippen LogP contribution in [0, 0.1) is 0 Å². The van der Waals surface area contributed by atoms with Gasteiger partial charge >= 0.3 is 5.97 Å². The standard InChI is InChI=1S/C23H24N4O3/c1-2-30-23(29)20-7-5-19(6-8-20)21(26-16-18-4-3-11-25-14-18)22(28)27-15-17-9-12-24-13-10-17/h3-14,21,26H,2,15-16H2,1H3,(H,27,28). The number of amides is 1. The highest BCUT2D eigenvalue weighted by atomic mass is 16.5. The highest BCUT2D eigenvalue weighted by Crippen LogP contribution is 2.16. The van der Waals surface area contributed by atoms with Crippen molar-refractivity contribution in [3.8, 4) is 0 Å². The fourth-order valence-corrected chi connectivity index (χ4v) is 2.90. The Balaban J connectivity index is 1.74. The van der Waals surface area contributed by atoms with Gasteiger partial charge in [0.25, 0.3) is 0 Å². The molecule has 0 bridgehead atoms. The Kier molecular flexibility index (Phi) is 7.63. The monoisotopic (exact) mass is 404 g/mol. The van der Waals surface area contributed by atoms with Crippen LogP contribution in [0.5, 0.6) is 0 Å². The van der Waals surface area contributed by atoms with Crippen LogP contribution in [0.4, 0.5) is 0 Å². The Labute approximate surface area is 175 Å². The van der Waals surface area contributed by atoms with Crippen molar-refractivity contribution in [2.75, 3.05) is 6.61 Å². The Morgan fingerprint density at radius 1 is 0.933 bits per heavy atom. The molecule has 0 saturated heterocycles. The number of ether oxygens (including phenoxy) is 1. The first kappa shape index (κ1) is 21.1. The lowest BCUT2D eigenvalue weighted by Crippen LogP contribution is -2.37. The summed E-state index contributed by atoms with van der Waals surface area (Å²) in [6.07, 6.45) is 6.83. The fourth-order valence-electron chi connectivity index (χ4n) is 2.90. The normalized spacial score (nSPS) is 11.5. The molecule has 30 heavy (non-hydrogen) atoms. The van der Waals surface area contributed by atoms with E-state index in [-0.39, 0.29) is 11.9 Å². The summed E-state index contributed by atoms with van der Waals surface area (Å²) < 4.78 is 5.02. The van der Waals surface area contributed by atoms with Crippen LogP contribution in [-0.4, -0.2) is 28.5 Å². The number of nitrogens with one attached hydrogen (secondary N) is 2. The summed E-state index contributed by atoms with van der Waals surface area (Å²) in [5.41, 5.74) is 3.12. The van der Waals surface area contributed by atoms with E-state index in [1.54, 1.807) is 56.0 Å². The van der Waals surface area contributed by atoms with Gasteiger partial charge in [0, 0.05) is 37.9 Å². The van der Waals surface area contributed by atoms with E-state index in [0.29, 0.717) is 25.3 Å². The van der Waals surface area contributed by atoms with Crippen LogP contribution in [0.1, 0.15) is 40.0 Å². The molecule has 2 heterocycles. The highest BCUT2D eigenvalue weighted by molar-refractivity contribution is 5.90. The van der Waals surface area contributed by atoms with Crippen molar-refractivity contribution < 1.29 is 14.3 Å². The first-order valence-corrected chi connectivity index (χ1v) is 9.73. The van der Waals surface area contributed by atoms with E-state index in [1.165, 1.54) is 0 Å². The molecular formula is C23H24N4O3. The second-order valence-corrected chi connectivity index (χ2v) is 6.59. The number of pyridine rings is 2. The summed E-state index contributed by atoms with van der Waals surface area (Å²) in [6.45, 7) is 2.94. The number of carbonyl (C=O) groups excluding carboxylic acids is 2. The van der Waals surface area contributed by atoms with Crippen molar-refractivity contribution in [2.45, 2.75) is 26.1 Å². The Hall–Kier alpha value is -3.58. The molecule has 0 fully saturated rings. The van der Waals surface area contributed by atoms with Gasteiger partial charge in [-0.1, -0.05) is 18.2 Å². The summed E-state index contributed by atoms with van der Waals surface area (Å²) in [5.74, 6) is -0.550. The number of benzene rings is 1. The van der Waals surface area contributed by atoms with Gasteiger partial charge in [-0.2, -0.15) is 0 Å². The maximum absolute atomic E-state index is 13.0. The third kappa shape index (κ3) is 5.96. The zero-order chi connectivity index (χ0) is 21.2. The van der Waals surface area contributed by atoms with Crippen molar-refractivity contribution in [1.82, 2.24) is 20.6 Å². The minimum absolute atomic E-state index is 0.167. The Morgan fingerprint density at radius 2 is 1.70 bits per heavy atom. The molecule has 1 unspecified atom stereocenters. The molecule has 2 N–H and O–H groups in total. The maximum Gasteiger partial charge on any atom is 0.338 e. The number of nitrogens with zero attached hydrogens (tertiary/aromatic N) is 2. The van der Waals surface area contributed by atoms with E-state index in [1.807, 2.05) is 24.3 Å². The molecule has 1 aromatic carbocycles. The van der Waals surface area contributed by atoms with Gasteiger partial charge in [0.15, 0.2) is 0 Å². The fraction of sp³-hybridized carbons (Fsp3) is 0.217. The van der Waals surface area contributed by atoms with E-state index in [0.717, 1.165) is 16.7 Å². The van der Waals surface area contributed by atoms with E-state index in [2.05, 4.69) is 20.6 Å². The first-order valence-electron chi connectivity index (χ1n) is 9.73. The molecule has 0 radical (unpaired) electrons. The van der Waals surface area contributed by atoms with Gasteiger partial charge in [-0.3, -0.25) is 20.1 Å². The summed E-state index contributed by atoms with van der Waals surface area (Å²) in [6, 6.07) is 13.8. The van der Waals surface area contributed by atoms with Crippen molar-refractivity contribution >= 4 is 11.9 Å². The zero-order valence-corrected chi connectivity index (χ0v) is 16.7. The number of hydrogen-bond acceptors (Lipinski definition) is 6. The topological polar surface area (TPSA) is 93.2 Å². The number of rotatable bonds is 9. The summed E-state index contributed by atoms with van der Waals surface area (Å²) >= 11 is 0. The largest absolute Gasteiger partial charge is 0.462 e. The minimum Gasteiger partial charge on any atom is -0.462 e. The number of carbonyl (C=O) groups is 2. The number of hydrogen-bond donors (Lipinski definition) is 2. The highest BCUT2D eigenvalue weighted by Gasteiger charge is 2.20. The van der Waals surface area contributed by atoms with Crippen LogP contribution in [0.25, 0.3) is 0 Å². The smallest absolute Gasteiger partial charge is 0.338 e. The molecule has 7 nitrogen and oxygen atoms in total. The minimum atomic E-state index is -0.594. The van der Waals surface area contributed by atoms with Gasteiger partial charge in [-0.05, 0) is 53.9 Å². The molecule has 3 aromatic rings. The number of aromatic nitrogens is 2. The van der Waals surface area contributed by atoms with E-state index in [9.17, 15) is 9.59 Å². The molecule has 3 rings (SSSR count). The van der Waals surface area contributed by atoms with Crippen LogP contribution in [0.15, 0.2) is 73.3 Å². The lowest BCUT2D eigenvalue weighted by molar-refractivity contribution is -0.123. The van der Waals surface area contributed by atoms with Gasteiger partial charge in [-0.15, -0.1) is 0 Å². The van der Waals surface area contributed by atoms with E-state index < -0.39 is 6.04 Å². The Morgan fingerprint density at radius 3 is 2.37 bits per heavy atom.